The molecule has 0 bridgehead atoms. The van der Waals surface area contributed by atoms with Crippen LogP contribution in [0.1, 0.15) is 30.3 Å². The van der Waals surface area contributed by atoms with Crippen LogP contribution in [0.3, 0.4) is 0 Å². The van der Waals surface area contributed by atoms with Crippen LogP contribution in [0.5, 0.6) is 0 Å². The van der Waals surface area contributed by atoms with Crippen LogP contribution in [0.15, 0.2) is 42.6 Å². The molecule has 1 aliphatic rings. The Kier molecular flexibility index (Phi) is 6.03. The van der Waals surface area contributed by atoms with E-state index in [1.807, 2.05) is 0 Å². The van der Waals surface area contributed by atoms with Gasteiger partial charge in [-0.25, -0.2) is 15.0 Å². The molecule has 4 heterocycles. The molecule has 3 N–H and O–H groups in total. The molecule has 0 spiro atoms. The predicted octanol–water partition coefficient (Wildman–Crippen LogP) is 6.07. The van der Waals surface area contributed by atoms with Crippen LogP contribution in [-0.2, 0) is 16.6 Å². The summed E-state index contributed by atoms with van der Waals surface area (Å²) in [4.78, 5) is 26.1. The SMILES string of the molecule is CC1(c2ccc(Cl)cc2)C(=O)Nc2nc(-c3nc(CCC(F)(F)C(F)(F)F)n4cc(Cl)ccc34)nc(N)c21. The molecule has 4 aromatic rings. The van der Waals surface area contributed by atoms with E-state index in [2.05, 4.69) is 20.3 Å². The van der Waals surface area contributed by atoms with Crippen LogP contribution >= 0.6 is 23.2 Å². The molecule has 14 heteroatoms. The maximum absolute atomic E-state index is 13.6. The summed E-state index contributed by atoms with van der Waals surface area (Å²) in [5.74, 6) is -5.42. The van der Waals surface area contributed by atoms with Gasteiger partial charge in [0.25, 0.3) is 0 Å². The third-order valence-corrected chi connectivity index (χ3v) is 6.98. The van der Waals surface area contributed by atoms with Crippen molar-refractivity contribution in [2.75, 3.05) is 11.1 Å². The largest absolute Gasteiger partial charge is 0.453 e. The normalized spacial score (nSPS) is 17.6. The number of nitrogens with zero attached hydrogens (tertiary/aromatic N) is 4. The van der Waals surface area contributed by atoms with Crippen molar-refractivity contribution in [3.63, 3.8) is 0 Å². The van der Waals surface area contributed by atoms with Gasteiger partial charge in [-0.15, -0.1) is 0 Å². The number of imidazole rings is 1. The van der Waals surface area contributed by atoms with Crippen molar-refractivity contribution in [2.24, 2.45) is 0 Å². The molecule has 1 aromatic carbocycles. The number of alkyl halides is 5. The van der Waals surface area contributed by atoms with Gasteiger partial charge in [0.2, 0.25) is 5.91 Å². The lowest BCUT2D eigenvalue weighted by Crippen LogP contribution is -2.36. The Hall–Kier alpha value is -3.51. The quantitative estimate of drug-likeness (QED) is 0.284. The molecule has 38 heavy (non-hydrogen) atoms. The third kappa shape index (κ3) is 4.11. The summed E-state index contributed by atoms with van der Waals surface area (Å²) in [6, 6.07) is 9.61. The summed E-state index contributed by atoms with van der Waals surface area (Å²) in [5.41, 5.74) is 6.35. The summed E-state index contributed by atoms with van der Waals surface area (Å²) in [7, 11) is 0. The molecule has 1 amide bonds. The molecular formula is C24H17Cl2F5N6O. The lowest BCUT2D eigenvalue weighted by Gasteiger charge is -2.23. The number of amides is 1. The fraction of sp³-hybridized carbons (Fsp3) is 0.250. The maximum Gasteiger partial charge on any atom is 0.453 e. The standard InChI is InChI=1S/C24H17Cl2F5N6O/c1-22(11-2-4-12(25)5-3-11)16-18(32)34-20(35-19(16)36-21(22)38)17-14-7-6-13(26)10-37(14)15(33-17)8-9-23(27,28)24(29,30)31/h2-7,10H,8-9H2,1H3,(H3,32,34,35,36,38). The van der Waals surface area contributed by atoms with E-state index in [9.17, 15) is 26.7 Å². The van der Waals surface area contributed by atoms with Crippen LogP contribution in [0, 0.1) is 0 Å². The van der Waals surface area contributed by atoms with Crippen molar-refractivity contribution in [3.05, 3.63) is 69.6 Å². The van der Waals surface area contributed by atoms with E-state index in [-0.39, 0.29) is 34.0 Å². The number of aryl methyl sites for hydroxylation is 1. The minimum atomic E-state index is -5.70. The molecule has 198 valence electrons. The second kappa shape index (κ2) is 8.77. The molecule has 1 aliphatic heterocycles. The molecule has 0 saturated carbocycles. The van der Waals surface area contributed by atoms with E-state index in [0.717, 1.165) is 0 Å². The average Bonchev–Trinajstić information content (AvgIpc) is 3.32. The van der Waals surface area contributed by atoms with Gasteiger partial charge in [-0.2, -0.15) is 22.0 Å². The second-order valence-electron chi connectivity index (χ2n) is 8.92. The topological polar surface area (TPSA) is 98.2 Å². The highest BCUT2D eigenvalue weighted by Crippen LogP contribution is 2.45. The Bertz CT molecular complexity index is 1590. The Labute approximate surface area is 221 Å². The van der Waals surface area contributed by atoms with Gasteiger partial charge in [-0.3, -0.25) is 4.79 Å². The predicted molar refractivity (Wildman–Crippen MR) is 131 cm³/mol. The molecule has 1 unspecified atom stereocenters. The van der Waals surface area contributed by atoms with Gasteiger partial charge in [0.1, 0.15) is 28.6 Å². The monoisotopic (exact) mass is 570 g/mol. The van der Waals surface area contributed by atoms with Crippen LogP contribution in [0.25, 0.3) is 17.0 Å². The van der Waals surface area contributed by atoms with Gasteiger partial charge in [-0.1, -0.05) is 35.3 Å². The van der Waals surface area contributed by atoms with E-state index in [0.29, 0.717) is 21.7 Å². The number of carbonyl (C=O) groups is 1. The van der Waals surface area contributed by atoms with E-state index in [4.69, 9.17) is 28.9 Å². The molecular weight excluding hydrogens is 554 g/mol. The van der Waals surface area contributed by atoms with Crippen LogP contribution in [0.2, 0.25) is 10.0 Å². The number of benzene rings is 1. The minimum absolute atomic E-state index is 0.0407. The smallest absolute Gasteiger partial charge is 0.383 e. The summed E-state index contributed by atoms with van der Waals surface area (Å²) in [6.07, 6.45) is -6.61. The van der Waals surface area contributed by atoms with Gasteiger partial charge in [-0.05, 0) is 36.8 Å². The first kappa shape index (κ1) is 26.1. The fourth-order valence-electron chi connectivity index (χ4n) is 4.45. The number of nitrogens with one attached hydrogen (secondary N) is 1. The maximum atomic E-state index is 13.6. The van der Waals surface area contributed by atoms with Gasteiger partial charge >= 0.3 is 12.1 Å². The van der Waals surface area contributed by atoms with Gasteiger partial charge in [0.05, 0.1) is 16.1 Å². The molecule has 0 fully saturated rings. The minimum Gasteiger partial charge on any atom is -0.383 e. The lowest BCUT2D eigenvalue weighted by atomic mass is 9.78. The number of nitrogens with two attached hydrogens (primary N) is 1. The number of halogens is 7. The number of rotatable bonds is 5. The number of anilines is 2. The highest BCUT2D eigenvalue weighted by molar-refractivity contribution is 6.30. The van der Waals surface area contributed by atoms with Crippen molar-refractivity contribution in [1.82, 2.24) is 19.4 Å². The highest BCUT2D eigenvalue weighted by atomic mass is 35.5. The Morgan fingerprint density at radius 2 is 1.66 bits per heavy atom. The number of aromatic nitrogens is 4. The van der Waals surface area contributed by atoms with Crippen molar-refractivity contribution in [3.8, 4) is 11.5 Å². The van der Waals surface area contributed by atoms with Crippen molar-refractivity contribution >= 4 is 46.3 Å². The van der Waals surface area contributed by atoms with Gasteiger partial charge in [0.15, 0.2) is 5.82 Å². The Balaban J connectivity index is 1.60. The van der Waals surface area contributed by atoms with Crippen molar-refractivity contribution < 1.29 is 26.7 Å². The zero-order valence-corrected chi connectivity index (χ0v) is 20.9. The first-order valence-electron chi connectivity index (χ1n) is 11.1. The number of hydrogen-bond donors (Lipinski definition) is 2. The zero-order chi connectivity index (χ0) is 27.6. The Morgan fingerprint density at radius 1 is 1.00 bits per heavy atom. The molecule has 3 aromatic heterocycles. The van der Waals surface area contributed by atoms with E-state index in [1.54, 1.807) is 31.2 Å². The van der Waals surface area contributed by atoms with Crippen LogP contribution in [0.4, 0.5) is 33.6 Å². The lowest BCUT2D eigenvalue weighted by molar-refractivity contribution is -0.284. The number of hydrogen-bond acceptors (Lipinski definition) is 5. The van der Waals surface area contributed by atoms with E-state index >= 15 is 0 Å². The molecule has 5 rings (SSSR count). The highest BCUT2D eigenvalue weighted by Gasteiger charge is 2.56. The molecule has 0 saturated heterocycles. The van der Waals surface area contributed by atoms with Crippen LogP contribution < -0.4 is 11.1 Å². The average molecular weight is 571 g/mol. The summed E-state index contributed by atoms with van der Waals surface area (Å²) >= 11 is 12.0. The van der Waals surface area contributed by atoms with Crippen molar-refractivity contribution in [1.29, 1.82) is 0 Å². The molecule has 1 atom stereocenters. The van der Waals surface area contributed by atoms with E-state index < -0.39 is 36.3 Å². The zero-order valence-electron chi connectivity index (χ0n) is 19.4. The molecule has 0 aliphatic carbocycles. The second-order valence-corrected chi connectivity index (χ2v) is 9.80. The number of fused-ring (bicyclic) bond motifs is 2. The molecule has 0 radical (unpaired) electrons. The Morgan fingerprint density at radius 3 is 2.32 bits per heavy atom. The van der Waals surface area contributed by atoms with Crippen molar-refractivity contribution in [2.45, 2.75) is 37.3 Å². The summed E-state index contributed by atoms with van der Waals surface area (Å²) in [6.45, 7) is 1.66. The number of carbonyl (C=O) groups excluding carboxylic acids is 1. The van der Waals surface area contributed by atoms with Gasteiger partial charge in [0, 0.05) is 24.1 Å². The third-order valence-electron chi connectivity index (χ3n) is 6.51. The molecule has 7 nitrogen and oxygen atoms in total. The summed E-state index contributed by atoms with van der Waals surface area (Å²) < 4.78 is 66.7. The summed E-state index contributed by atoms with van der Waals surface area (Å²) in [5, 5.41) is 3.37. The number of pyridine rings is 1. The van der Waals surface area contributed by atoms with Gasteiger partial charge < -0.3 is 15.5 Å². The first-order chi connectivity index (χ1) is 17.7. The fourth-order valence-corrected chi connectivity index (χ4v) is 4.73. The first-order valence-corrected chi connectivity index (χ1v) is 11.8. The number of nitrogen functional groups attached to an aromatic ring is 1. The van der Waals surface area contributed by atoms with E-state index in [1.165, 1.54) is 22.7 Å². The van der Waals surface area contributed by atoms with Crippen LogP contribution in [-0.4, -0.2) is 37.4 Å².